The molecule has 1 aliphatic heterocycles. The lowest BCUT2D eigenvalue weighted by atomic mass is 10.2. The molecule has 0 unspecified atom stereocenters. The molecule has 1 saturated heterocycles. The SMILES string of the molecule is CCNC(=NCCc1cnn(C)c1)N1CCN(c2ccc(OC)cc2)CC1. The zero-order chi connectivity index (χ0) is 19.1. The summed E-state index contributed by atoms with van der Waals surface area (Å²) in [5, 5.41) is 7.65. The van der Waals surface area contributed by atoms with E-state index in [0.29, 0.717) is 0 Å². The van der Waals surface area contributed by atoms with Crippen molar-refractivity contribution in [3.8, 4) is 5.75 Å². The minimum Gasteiger partial charge on any atom is -0.497 e. The molecule has 0 bridgehead atoms. The van der Waals surface area contributed by atoms with Crippen LogP contribution in [0.15, 0.2) is 41.7 Å². The van der Waals surface area contributed by atoms with Crippen molar-refractivity contribution in [3.05, 3.63) is 42.2 Å². The minimum absolute atomic E-state index is 0.771. The molecule has 0 amide bonds. The fourth-order valence-corrected chi connectivity index (χ4v) is 3.29. The molecule has 0 aliphatic carbocycles. The second-order valence-electron chi connectivity index (χ2n) is 6.68. The van der Waals surface area contributed by atoms with Crippen molar-refractivity contribution < 1.29 is 4.74 Å². The Morgan fingerprint density at radius 3 is 2.52 bits per heavy atom. The summed E-state index contributed by atoms with van der Waals surface area (Å²) in [6.07, 6.45) is 4.88. The van der Waals surface area contributed by atoms with Gasteiger partial charge >= 0.3 is 0 Å². The second kappa shape index (κ2) is 9.30. The summed E-state index contributed by atoms with van der Waals surface area (Å²) in [5.41, 5.74) is 2.47. The fraction of sp³-hybridized carbons (Fsp3) is 0.500. The van der Waals surface area contributed by atoms with Crippen LogP contribution in [0.4, 0.5) is 5.69 Å². The van der Waals surface area contributed by atoms with Gasteiger partial charge in [-0.05, 0) is 43.2 Å². The van der Waals surface area contributed by atoms with Gasteiger partial charge < -0.3 is 19.9 Å². The summed E-state index contributed by atoms with van der Waals surface area (Å²) in [4.78, 5) is 9.59. The van der Waals surface area contributed by atoms with Crippen molar-refractivity contribution >= 4 is 11.6 Å². The zero-order valence-electron chi connectivity index (χ0n) is 16.6. The van der Waals surface area contributed by atoms with E-state index in [1.165, 1.54) is 11.3 Å². The summed E-state index contributed by atoms with van der Waals surface area (Å²) in [6, 6.07) is 8.29. The number of methoxy groups -OCH3 is 1. The largest absolute Gasteiger partial charge is 0.497 e. The highest BCUT2D eigenvalue weighted by Gasteiger charge is 2.19. The minimum atomic E-state index is 0.771. The standard InChI is InChI=1S/C20H30N6O/c1-4-21-20(22-10-9-17-15-23-24(2)16-17)26-13-11-25(12-14-26)18-5-7-19(27-3)8-6-18/h5-8,15-16H,4,9-14H2,1-3H3,(H,21,22). The van der Waals surface area contributed by atoms with Crippen molar-refractivity contribution in [3.63, 3.8) is 0 Å². The van der Waals surface area contributed by atoms with E-state index < -0.39 is 0 Å². The Morgan fingerprint density at radius 2 is 1.93 bits per heavy atom. The van der Waals surface area contributed by atoms with Gasteiger partial charge in [-0.15, -0.1) is 0 Å². The van der Waals surface area contributed by atoms with Crippen LogP contribution in [-0.4, -0.2) is 67.0 Å². The average Bonchev–Trinajstić information content (AvgIpc) is 3.13. The van der Waals surface area contributed by atoms with Gasteiger partial charge in [0.15, 0.2) is 5.96 Å². The Hall–Kier alpha value is -2.70. The molecular weight excluding hydrogens is 340 g/mol. The lowest BCUT2D eigenvalue weighted by molar-refractivity contribution is 0.372. The molecule has 1 N–H and O–H groups in total. The number of aryl methyl sites for hydroxylation is 1. The molecule has 1 aliphatic rings. The van der Waals surface area contributed by atoms with Gasteiger partial charge in [0.05, 0.1) is 13.3 Å². The summed E-state index contributed by atoms with van der Waals surface area (Å²) in [6.45, 7) is 7.66. The zero-order valence-corrected chi connectivity index (χ0v) is 16.6. The number of guanidine groups is 1. The molecule has 1 aromatic heterocycles. The van der Waals surface area contributed by atoms with Crippen LogP contribution in [-0.2, 0) is 13.5 Å². The summed E-state index contributed by atoms with van der Waals surface area (Å²) >= 11 is 0. The molecule has 146 valence electrons. The van der Waals surface area contributed by atoms with Crippen molar-refractivity contribution in [2.24, 2.45) is 12.0 Å². The lowest BCUT2D eigenvalue weighted by Crippen LogP contribution is -2.52. The number of rotatable bonds is 6. The summed E-state index contributed by atoms with van der Waals surface area (Å²) in [7, 11) is 3.64. The Balaban J connectivity index is 1.54. The number of benzene rings is 1. The van der Waals surface area contributed by atoms with E-state index in [9.17, 15) is 0 Å². The van der Waals surface area contributed by atoms with Crippen molar-refractivity contribution in [1.82, 2.24) is 20.0 Å². The number of nitrogens with zero attached hydrogens (tertiary/aromatic N) is 5. The summed E-state index contributed by atoms with van der Waals surface area (Å²) < 4.78 is 7.08. The first-order chi connectivity index (χ1) is 13.2. The van der Waals surface area contributed by atoms with Crippen molar-refractivity contribution in [2.75, 3.05) is 51.3 Å². The number of piperazine rings is 1. The smallest absolute Gasteiger partial charge is 0.194 e. The number of hydrogen-bond donors (Lipinski definition) is 1. The van der Waals surface area contributed by atoms with Crippen LogP contribution in [0.5, 0.6) is 5.75 Å². The topological polar surface area (TPSA) is 57.9 Å². The van der Waals surface area contributed by atoms with Crippen LogP contribution >= 0.6 is 0 Å². The van der Waals surface area contributed by atoms with Crippen LogP contribution in [0.1, 0.15) is 12.5 Å². The van der Waals surface area contributed by atoms with Gasteiger partial charge in [0, 0.05) is 58.2 Å². The number of anilines is 1. The van der Waals surface area contributed by atoms with E-state index in [-0.39, 0.29) is 0 Å². The monoisotopic (exact) mass is 370 g/mol. The van der Waals surface area contributed by atoms with Gasteiger partial charge in [0.1, 0.15) is 5.75 Å². The summed E-state index contributed by atoms with van der Waals surface area (Å²) in [5.74, 6) is 1.91. The van der Waals surface area contributed by atoms with E-state index >= 15 is 0 Å². The van der Waals surface area contributed by atoms with Gasteiger partial charge in [-0.1, -0.05) is 0 Å². The Kier molecular flexibility index (Phi) is 6.57. The third kappa shape index (κ3) is 5.15. The van der Waals surface area contributed by atoms with Crippen molar-refractivity contribution in [2.45, 2.75) is 13.3 Å². The predicted molar refractivity (Wildman–Crippen MR) is 110 cm³/mol. The maximum atomic E-state index is 5.25. The molecule has 0 spiro atoms. The molecule has 2 heterocycles. The molecule has 1 aromatic carbocycles. The molecular formula is C20H30N6O. The first-order valence-corrected chi connectivity index (χ1v) is 9.59. The third-order valence-electron chi connectivity index (χ3n) is 4.77. The van der Waals surface area contributed by atoms with Crippen LogP contribution < -0.4 is 15.0 Å². The van der Waals surface area contributed by atoms with Gasteiger partial charge in [-0.3, -0.25) is 9.67 Å². The van der Waals surface area contributed by atoms with Crippen LogP contribution in [0, 0.1) is 0 Å². The van der Waals surface area contributed by atoms with E-state index in [0.717, 1.165) is 57.4 Å². The van der Waals surface area contributed by atoms with Gasteiger partial charge in [-0.25, -0.2) is 0 Å². The first-order valence-electron chi connectivity index (χ1n) is 9.59. The number of nitrogens with one attached hydrogen (secondary N) is 1. The second-order valence-corrected chi connectivity index (χ2v) is 6.68. The molecule has 27 heavy (non-hydrogen) atoms. The highest BCUT2D eigenvalue weighted by atomic mass is 16.5. The maximum Gasteiger partial charge on any atom is 0.194 e. The number of aromatic nitrogens is 2. The van der Waals surface area contributed by atoms with Crippen LogP contribution in [0.2, 0.25) is 0 Å². The van der Waals surface area contributed by atoms with Gasteiger partial charge in [0.2, 0.25) is 0 Å². The van der Waals surface area contributed by atoms with Gasteiger partial charge in [-0.2, -0.15) is 5.10 Å². The molecule has 7 nitrogen and oxygen atoms in total. The molecule has 7 heteroatoms. The normalized spacial score (nSPS) is 15.1. The average molecular weight is 371 g/mol. The highest BCUT2D eigenvalue weighted by Crippen LogP contribution is 2.20. The Morgan fingerprint density at radius 1 is 1.19 bits per heavy atom. The molecule has 0 saturated carbocycles. The quantitative estimate of drug-likeness (QED) is 0.620. The van der Waals surface area contributed by atoms with E-state index in [1.807, 2.05) is 30.1 Å². The fourth-order valence-electron chi connectivity index (χ4n) is 3.29. The van der Waals surface area contributed by atoms with Gasteiger partial charge in [0.25, 0.3) is 0 Å². The Bertz CT molecular complexity index is 731. The number of aliphatic imine (C=N–C) groups is 1. The maximum absolute atomic E-state index is 5.25. The molecule has 0 atom stereocenters. The van der Waals surface area contributed by atoms with E-state index in [4.69, 9.17) is 9.73 Å². The number of ether oxygens (including phenoxy) is 1. The first kappa shape index (κ1) is 19.1. The molecule has 0 radical (unpaired) electrons. The Labute approximate surface area is 161 Å². The molecule has 1 fully saturated rings. The number of hydrogen-bond acceptors (Lipinski definition) is 4. The van der Waals surface area contributed by atoms with Crippen molar-refractivity contribution in [1.29, 1.82) is 0 Å². The van der Waals surface area contributed by atoms with E-state index in [1.54, 1.807) is 7.11 Å². The van der Waals surface area contributed by atoms with Crippen LogP contribution in [0.25, 0.3) is 0 Å². The molecule has 3 rings (SSSR count). The lowest BCUT2D eigenvalue weighted by Gasteiger charge is -2.37. The molecule has 2 aromatic rings. The predicted octanol–water partition coefficient (Wildman–Crippen LogP) is 1.76. The van der Waals surface area contributed by atoms with Crippen LogP contribution in [0.3, 0.4) is 0 Å². The third-order valence-corrected chi connectivity index (χ3v) is 4.77. The highest BCUT2D eigenvalue weighted by molar-refractivity contribution is 5.80. The van der Waals surface area contributed by atoms with E-state index in [2.05, 4.69) is 45.5 Å².